The summed E-state index contributed by atoms with van der Waals surface area (Å²) < 4.78 is 0. The van der Waals surface area contributed by atoms with Gasteiger partial charge >= 0.3 is 0 Å². The number of nitrogens with zero attached hydrogens (tertiary/aromatic N) is 3. The van der Waals surface area contributed by atoms with Gasteiger partial charge in [0.25, 0.3) is 0 Å². The Kier molecular flexibility index (Phi) is 5.45. The largest absolute Gasteiger partial charge is 0.358 e. The first-order valence-electron chi connectivity index (χ1n) is 8.32. The van der Waals surface area contributed by atoms with Crippen LogP contribution in [0, 0.1) is 18.8 Å². The summed E-state index contributed by atoms with van der Waals surface area (Å²) in [6.45, 7) is 14.9. The summed E-state index contributed by atoms with van der Waals surface area (Å²) in [5.74, 6) is 2.92. The van der Waals surface area contributed by atoms with E-state index in [0.29, 0.717) is 22.9 Å². The molecule has 1 aromatic rings. The van der Waals surface area contributed by atoms with E-state index in [-0.39, 0.29) is 5.54 Å². The minimum atomic E-state index is -0.0888. The van der Waals surface area contributed by atoms with Crippen LogP contribution in [0.4, 0.5) is 11.8 Å². The molecule has 0 aliphatic carbocycles. The van der Waals surface area contributed by atoms with Gasteiger partial charge in [0.05, 0.1) is 0 Å². The summed E-state index contributed by atoms with van der Waals surface area (Å²) in [6.07, 6.45) is 1.28. The molecule has 2 rings (SSSR count). The lowest BCUT2D eigenvalue weighted by atomic mass is 9.92. The predicted molar refractivity (Wildman–Crippen MR) is 101 cm³/mol. The van der Waals surface area contributed by atoms with Gasteiger partial charge in [-0.2, -0.15) is 4.98 Å². The van der Waals surface area contributed by atoms with Crippen LogP contribution >= 0.6 is 12.2 Å². The smallest absolute Gasteiger partial charge is 0.231 e. The van der Waals surface area contributed by atoms with Crippen molar-refractivity contribution < 1.29 is 0 Å². The van der Waals surface area contributed by atoms with E-state index in [1.165, 1.54) is 6.42 Å². The fourth-order valence-electron chi connectivity index (χ4n) is 3.09. The maximum absolute atomic E-state index is 5.35. The van der Waals surface area contributed by atoms with E-state index in [1.807, 2.05) is 6.92 Å². The van der Waals surface area contributed by atoms with Crippen LogP contribution in [0.2, 0.25) is 0 Å². The molecule has 0 spiro atoms. The highest BCUT2D eigenvalue weighted by atomic mass is 32.1. The summed E-state index contributed by atoms with van der Waals surface area (Å²) in [6, 6.07) is 2.05. The second kappa shape index (κ2) is 6.99. The SMILES string of the molecule is Cc1cc(N2CC(C)CC(C)C2)nc(NC(=S)NC(C)(C)C)n1. The second-order valence-electron chi connectivity index (χ2n) is 7.87. The molecular weight excluding hydrogens is 306 g/mol. The zero-order chi connectivity index (χ0) is 17.2. The Morgan fingerprint density at radius 3 is 2.39 bits per heavy atom. The van der Waals surface area contributed by atoms with Crippen molar-refractivity contribution >= 4 is 29.1 Å². The quantitative estimate of drug-likeness (QED) is 0.809. The van der Waals surface area contributed by atoms with Gasteiger partial charge in [0, 0.05) is 30.4 Å². The third-order valence-corrected chi connectivity index (χ3v) is 3.95. The topological polar surface area (TPSA) is 53.1 Å². The highest BCUT2D eigenvalue weighted by molar-refractivity contribution is 7.80. The van der Waals surface area contributed by atoms with Crippen LogP contribution < -0.4 is 15.5 Å². The molecule has 1 aliphatic heterocycles. The first-order valence-corrected chi connectivity index (χ1v) is 8.73. The minimum Gasteiger partial charge on any atom is -0.358 e. The summed E-state index contributed by atoms with van der Waals surface area (Å²) in [4.78, 5) is 11.5. The normalized spacial score (nSPS) is 21.9. The number of hydrogen-bond donors (Lipinski definition) is 2. The first-order chi connectivity index (χ1) is 10.6. The average Bonchev–Trinajstić information content (AvgIpc) is 2.34. The lowest BCUT2D eigenvalue weighted by molar-refractivity contribution is 0.355. The van der Waals surface area contributed by atoms with E-state index in [9.17, 15) is 0 Å². The summed E-state index contributed by atoms with van der Waals surface area (Å²) in [5.41, 5.74) is 0.857. The van der Waals surface area contributed by atoms with Crippen molar-refractivity contribution in [1.29, 1.82) is 0 Å². The molecule has 5 nitrogen and oxygen atoms in total. The van der Waals surface area contributed by atoms with Crippen LogP contribution in [-0.2, 0) is 0 Å². The standard InChI is InChI=1S/C17H29N5S/c1-11-7-12(2)10-22(9-11)14-8-13(3)18-15(19-14)20-16(23)21-17(4,5)6/h8,11-12H,7,9-10H2,1-6H3,(H2,18,19,20,21,23). The molecule has 0 bridgehead atoms. The zero-order valence-electron chi connectivity index (χ0n) is 15.1. The van der Waals surface area contributed by atoms with Gasteiger partial charge in [-0.15, -0.1) is 0 Å². The molecule has 1 aliphatic rings. The number of thiocarbonyl (C=S) groups is 1. The Morgan fingerprint density at radius 2 is 1.83 bits per heavy atom. The number of piperidine rings is 1. The molecule has 0 aromatic carbocycles. The molecule has 23 heavy (non-hydrogen) atoms. The van der Waals surface area contributed by atoms with Gasteiger partial charge in [-0.3, -0.25) is 0 Å². The van der Waals surface area contributed by atoms with E-state index in [4.69, 9.17) is 12.2 Å². The fourth-order valence-corrected chi connectivity index (χ4v) is 3.49. The number of aromatic nitrogens is 2. The first kappa shape index (κ1) is 17.9. The average molecular weight is 336 g/mol. The Bertz CT molecular complexity index is 557. The van der Waals surface area contributed by atoms with Gasteiger partial charge in [-0.05, 0) is 58.2 Å². The third-order valence-electron chi connectivity index (χ3n) is 3.75. The lowest BCUT2D eigenvalue weighted by Gasteiger charge is -2.36. The predicted octanol–water partition coefficient (Wildman–Crippen LogP) is 3.35. The van der Waals surface area contributed by atoms with Crippen LogP contribution in [-0.4, -0.2) is 33.7 Å². The molecule has 1 aromatic heterocycles. The van der Waals surface area contributed by atoms with E-state index in [1.54, 1.807) is 0 Å². The molecule has 128 valence electrons. The highest BCUT2D eigenvalue weighted by Crippen LogP contribution is 2.26. The number of rotatable bonds is 2. The highest BCUT2D eigenvalue weighted by Gasteiger charge is 2.23. The Morgan fingerprint density at radius 1 is 1.22 bits per heavy atom. The van der Waals surface area contributed by atoms with Gasteiger partial charge in [-0.25, -0.2) is 4.98 Å². The van der Waals surface area contributed by atoms with Gasteiger partial charge in [0.1, 0.15) is 5.82 Å². The van der Waals surface area contributed by atoms with Gasteiger partial charge in [-0.1, -0.05) is 13.8 Å². The third kappa shape index (κ3) is 5.61. The molecule has 1 saturated heterocycles. The monoisotopic (exact) mass is 335 g/mol. The van der Waals surface area contributed by atoms with Gasteiger partial charge in [0.2, 0.25) is 5.95 Å². The van der Waals surface area contributed by atoms with Gasteiger partial charge < -0.3 is 15.5 Å². The van der Waals surface area contributed by atoms with E-state index >= 15 is 0 Å². The second-order valence-corrected chi connectivity index (χ2v) is 8.28. The molecule has 2 N–H and O–H groups in total. The zero-order valence-corrected chi connectivity index (χ0v) is 15.9. The Labute approximate surface area is 145 Å². The summed E-state index contributed by atoms with van der Waals surface area (Å²) in [5, 5.41) is 6.89. The van der Waals surface area contributed by atoms with E-state index < -0.39 is 0 Å². The Balaban J connectivity index is 2.14. The lowest BCUT2D eigenvalue weighted by Crippen LogP contribution is -2.43. The molecule has 2 heterocycles. The molecule has 6 heteroatoms. The van der Waals surface area contributed by atoms with Crippen molar-refractivity contribution in [3.05, 3.63) is 11.8 Å². The van der Waals surface area contributed by atoms with Gasteiger partial charge in [0.15, 0.2) is 5.11 Å². The number of aryl methyl sites for hydroxylation is 1. The van der Waals surface area contributed by atoms with Crippen molar-refractivity contribution in [2.75, 3.05) is 23.3 Å². The number of nitrogens with one attached hydrogen (secondary N) is 2. The maximum Gasteiger partial charge on any atom is 0.231 e. The van der Waals surface area contributed by atoms with Crippen molar-refractivity contribution in [3.63, 3.8) is 0 Å². The van der Waals surface area contributed by atoms with E-state index in [0.717, 1.165) is 24.6 Å². The van der Waals surface area contributed by atoms with Crippen LogP contribution in [0.25, 0.3) is 0 Å². The van der Waals surface area contributed by atoms with Crippen LogP contribution in [0.15, 0.2) is 6.07 Å². The molecule has 0 amide bonds. The van der Waals surface area contributed by atoms with Crippen LogP contribution in [0.3, 0.4) is 0 Å². The van der Waals surface area contributed by atoms with Crippen LogP contribution in [0.1, 0.15) is 46.7 Å². The number of anilines is 2. The molecule has 0 saturated carbocycles. The minimum absolute atomic E-state index is 0.0888. The Hall–Kier alpha value is -1.43. The fraction of sp³-hybridized carbons (Fsp3) is 0.706. The molecule has 1 fully saturated rings. The van der Waals surface area contributed by atoms with E-state index in [2.05, 4.69) is 66.2 Å². The van der Waals surface area contributed by atoms with Crippen molar-refractivity contribution in [3.8, 4) is 0 Å². The van der Waals surface area contributed by atoms with Crippen molar-refractivity contribution in [1.82, 2.24) is 15.3 Å². The molecule has 2 atom stereocenters. The molecule has 2 unspecified atom stereocenters. The van der Waals surface area contributed by atoms with Crippen LogP contribution in [0.5, 0.6) is 0 Å². The summed E-state index contributed by atoms with van der Waals surface area (Å²) >= 11 is 5.35. The molecule has 0 radical (unpaired) electrons. The van der Waals surface area contributed by atoms with Crippen molar-refractivity contribution in [2.24, 2.45) is 11.8 Å². The summed E-state index contributed by atoms with van der Waals surface area (Å²) in [7, 11) is 0. The number of hydrogen-bond acceptors (Lipinski definition) is 4. The van der Waals surface area contributed by atoms with Crippen molar-refractivity contribution in [2.45, 2.75) is 53.5 Å². The molecular formula is C17H29N5S. The maximum atomic E-state index is 5.35.